The minimum atomic E-state index is -0.531. The van der Waals surface area contributed by atoms with Crippen LogP contribution in [0, 0.1) is 0 Å². The molecule has 6 heteroatoms. The van der Waals surface area contributed by atoms with Crippen molar-refractivity contribution in [2.75, 3.05) is 18.1 Å². The van der Waals surface area contributed by atoms with Crippen LogP contribution in [0.2, 0.25) is 0 Å². The van der Waals surface area contributed by atoms with Gasteiger partial charge in [-0.1, -0.05) is 34.9 Å². The van der Waals surface area contributed by atoms with Gasteiger partial charge in [-0.05, 0) is 53.4 Å². The molecular weight excluding hydrogens is 360 g/mol. The molecule has 5 nitrogen and oxygen atoms in total. The molecule has 0 radical (unpaired) electrons. The first kappa shape index (κ1) is 25.2. The van der Waals surface area contributed by atoms with E-state index in [-0.39, 0.29) is 12.5 Å². The first-order valence-corrected chi connectivity index (χ1v) is 10.5. The molecule has 0 aliphatic rings. The lowest BCUT2D eigenvalue weighted by molar-refractivity contribution is -0.124. The maximum absolute atomic E-state index is 11.5. The summed E-state index contributed by atoms with van der Waals surface area (Å²) >= 11 is 1.60. The van der Waals surface area contributed by atoms with Crippen molar-refractivity contribution in [1.82, 2.24) is 10.6 Å². The molecule has 1 atom stereocenters. The normalized spacial score (nSPS) is 12.9. The fourth-order valence-corrected chi connectivity index (χ4v) is 3.20. The van der Waals surface area contributed by atoms with E-state index in [4.69, 9.17) is 0 Å². The topological polar surface area (TPSA) is 75.3 Å². The van der Waals surface area contributed by atoms with E-state index < -0.39 is 6.04 Å². The molecule has 0 spiro atoms. The molecule has 0 aromatic heterocycles. The van der Waals surface area contributed by atoms with Gasteiger partial charge in [-0.25, -0.2) is 0 Å². The van der Waals surface area contributed by atoms with Gasteiger partial charge in [-0.15, -0.1) is 0 Å². The highest BCUT2D eigenvalue weighted by atomic mass is 32.2. The first-order chi connectivity index (χ1) is 12.9. The number of allylic oxidation sites excluding steroid dienone is 5. The van der Waals surface area contributed by atoms with Crippen molar-refractivity contribution in [3.8, 4) is 0 Å². The van der Waals surface area contributed by atoms with Crippen molar-refractivity contribution in [3.63, 3.8) is 0 Å². The molecule has 0 aliphatic carbocycles. The molecule has 0 bridgehead atoms. The lowest BCUT2D eigenvalue weighted by atomic mass is 10.1. The van der Waals surface area contributed by atoms with Crippen molar-refractivity contribution >= 4 is 30.4 Å². The highest BCUT2D eigenvalue weighted by molar-refractivity contribution is 7.99. The number of aldehydes is 1. The van der Waals surface area contributed by atoms with Gasteiger partial charge in [0.2, 0.25) is 12.3 Å². The van der Waals surface area contributed by atoms with Crippen LogP contribution < -0.4 is 10.6 Å². The summed E-state index contributed by atoms with van der Waals surface area (Å²) in [6, 6.07) is -0.531. The van der Waals surface area contributed by atoms with Crippen LogP contribution in [-0.2, 0) is 14.4 Å². The van der Waals surface area contributed by atoms with Gasteiger partial charge >= 0.3 is 0 Å². The highest BCUT2D eigenvalue weighted by Gasteiger charge is 2.10. The van der Waals surface area contributed by atoms with Gasteiger partial charge in [0.15, 0.2) is 0 Å². The number of thioether (sulfide) groups is 1. The van der Waals surface area contributed by atoms with Gasteiger partial charge in [0.25, 0.3) is 0 Å². The second kappa shape index (κ2) is 16.4. The largest absolute Gasteiger partial charge is 0.350 e. The quantitative estimate of drug-likeness (QED) is 0.253. The summed E-state index contributed by atoms with van der Waals surface area (Å²) in [5, 5.41) is 4.85. The van der Waals surface area contributed by atoms with E-state index >= 15 is 0 Å². The van der Waals surface area contributed by atoms with Crippen LogP contribution in [0.25, 0.3) is 0 Å². The fraction of sp³-hybridized carbons (Fsp3) is 0.571. The summed E-state index contributed by atoms with van der Waals surface area (Å²) in [5.74, 6) is 0.962. The zero-order valence-electron chi connectivity index (χ0n) is 17.0. The predicted molar refractivity (Wildman–Crippen MR) is 115 cm³/mol. The lowest BCUT2D eigenvalue weighted by Gasteiger charge is -2.11. The number of hydrogen-bond acceptors (Lipinski definition) is 4. The van der Waals surface area contributed by atoms with Crippen molar-refractivity contribution in [1.29, 1.82) is 0 Å². The van der Waals surface area contributed by atoms with Crippen LogP contribution in [0.1, 0.15) is 53.4 Å². The zero-order chi connectivity index (χ0) is 20.5. The predicted octanol–water partition coefficient (Wildman–Crippen LogP) is 3.57. The average molecular weight is 395 g/mol. The number of carbonyl (C=O) groups excluding carboxylic acids is 3. The van der Waals surface area contributed by atoms with Crippen LogP contribution in [0.4, 0.5) is 0 Å². The Labute approximate surface area is 168 Å². The van der Waals surface area contributed by atoms with Gasteiger partial charge in [-0.3, -0.25) is 9.59 Å². The van der Waals surface area contributed by atoms with Crippen molar-refractivity contribution in [3.05, 3.63) is 34.9 Å². The molecule has 2 N–H and O–H groups in total. The Morgan fingerprint density at radius 2 is 1.59 bits per heavy atom. The molecule has 1 unspecified atom stereocenters. The third kappa shape index (κ3) is 16.1. The van der Waals surface area contributed by atoms with Crippen LogP contribution >= 0.6 is 11.8 Å². The molecule has 27 heavy (non-hydrogen) atoms. The molecule has 0 aliphatic heterocycles. The molecule has 0 saturated heterocycles. The third-order valence-electron chi connectivity index (χ3n) is 3.83. The molecule has 0 heterocycles. The van der Waals surface area contributed by atoms with E-state index in [1.165, 1.54) is 16.7 Å². The summed E-state index contributed by atoms with van der Waals surface area (Å²) in [4.78, 5) is 32.6. The zero-order valence-corrected chi connectivity index (χ0v) is 17.9. The molecule has 0 fully saturated rings. The van der Waals surface area contributed by atoms with E-state index in [1.54, 1.807) is 11.8 Å². The van der Waals surface area contributed by atoms with Gasteiger partial charge in [-0.2, -0.15) is 11.8 Å². The monoisotopic (exact) mass is 394 g/mol. The molecule has 0 saturated carbocycles. The number of nitrogens with one attached hydrogen (secondary N) is 2. The minimum Gasteiger partial charge on any atom is -0.350 e. The SMILES string of the molecule is CC(C)=CCC/C(C)=C/CC/C(C)=C/CSCC(C=O)NC(=O)CNC=O. The fourth-order valence-electron chi connectivity index (χ4n) is 2.24. The van der Waals surface area contributed by atoms with E-state index in [0.717, 1.165) is 37.7 Å². The van der Waals surface area contributed by atoms with E-state index in [1.807, 2.05) is 0 Å². The Bertz CT molecular complexity index is 550. The van der Waals surface area contributed by atoms with Gasteiger partial charge in [0.05, 0.1) is 12.6 Å². The van der Waals surface area contributed by atoms with Gasteiger partial charge < -0.3 is 15.4 Å². The average Bonchev–Trinajstić information content (AvgIpc) is 2.62. The third-order valence-corrected chi connectivity index (χ3v) is 4.82. The van der Waals surface area contributed by atoms with Gasteiger partial charge in [0, 0.05) is 11.5 Å². The summed E-state index contributed by atoms with van der Waals surface area (Å²) < 4.78 is 0. The number of carbonyl (C=O) groups is 3. The first-order valence-electron chi connectivity index (χ1n) is 9.33. The highest BCUT2D eigenvalue weighted by Crippen LogP contribution is 2.12. The molecule has 0 rings (SSSR count). The Morgan fingerprint density at radius 1 is 0.963 bits per heavy atom. The summed E-state index contributed by atoms with van der Waals surface area (Å²) in [7, 11) is 0. The second-order valence-electron chi connectivity index (χ2n) is 6.81. The standard InChI is InChI=1S/C21H34N2O3S/c1-17(2)7-5-8-18(3)9-6-10-19(4)11-12-27-15-20(14-24)23-21(26)13-22-16-25/h7,9,11,14,16,20H,5-6,8,10,12-13,15H2,1-4H3,(H,22,25)(H,23,26)/b18-9+,19-11+. The Hall–Kier alpha value is -1.82. The Kier molecular flexibility index (Phi) is 15.3. The molecule has 0 aromatic carbocycles. The minimum absolute atomic E-state index is 0.112. The second-order valence-corrected chi connectivity index (χ2v) is 7.88. The van der Waals surface area contributed by atoms with Crippen molar-refractivity contribution in [2.24, 2.45) is 0 Å². The van der Waals surface area contributed by atoms with Crippen LogP contribution in [0.3, 0.4) is 0 Å². The van der Waals surface area contributed by atoms with Crippen LogP contribution in [0.5, 0.6) is 0 Å². The molecule has 2 amide bonds. The molecular formula is C21H34N2O3S. The number of amides is 2. The van der Waals surface area contributed by atoms with E-state index in [0.29, 0.717) is 12.2 Å². The smallest absolute Gasteiger partial charge is 0.239 e. The lowest BCUT2D eigenvalue weighted by Crippen LogP contribution is -2.42. The number of rotatable bonds is 15. The summed E-state index contributed by atoms with van der Waals surface area (Å²) in [6.07, 6.45) is 12.2. The van der Waals surface area contributed by atoms with Crippen molar-refractivity contribution < 1.29 is 14.4 Å². The summed E-state index contributed by atoms with van der Waals surface area (Å²) in [5.41, 5.74) is 4.13. The maximum Gasteiger partial charge on any atom is 0.239 e. The van der Waals surface area contributed by atoms with Gasteiger partial charge in [0.1, 0.15) is 6.29 Å². The van der Waals surface area contributed by atoms with Crippen LogP contribution in [0.15, 0.2) is 34.9 Å². The molecule has 152 valence electrons. The Morgan fingerprint density at radius 3 is 2.19 bits per heavy atom. The number of hydrogen-bond donors (Lipinski definition) is 2. The van der Waals surface area contributed by atoms with Crippen molar-refractivity contribution in [2.45, 2.75) is 59.4 Å². The van der Waals surface area contributed by atoms with E-state index in [9.17, 15) is 14.4 Å². The van der Waals surface area contributed by atoms with Crippen LogP contribution in [-0.4, -0.2) is 42.7 Å². The maximum atomic E-state index is 11.5. The molecule has 0 aromatic rings. The Balaban J connectivity index is 4.03. The van der Waals surface area contributed by atoms with E-state index in [2.05, 4.69) is 56.6 Å². The summed E-state index contributed by atoms with van der Waals surface area (Å²) in [6.45, 7) is 8.45.